The van der Waals surface area contributed by atoms with Crippen LogP contribution in [0.4, 0.5) is 0 Å². The Morgan fingerprint density at radius 1 is 0.354 bits per heavy atom. The van der Waals surface area contributed by atoms with Crippen molar-refractivity contribution in [3.8, 4) is 61.8 Å². The van der Waals surface area contributed by atoms with Gasteiger partial charge in [-0.1, -0.05) is 183 Å². The first-order valence-electron chi connectivity index (χ1n) is 22.6. The molecule has 306 valence electrons. The highest BCUT2D eigenvalue weighted by atomic mass is 15.1. The van der Waals surface area contributed by atoms with E-state index in [-0.39, 0.29) is 5.41 Å². The van der Waals surface area contributed by atoms with Crippen LogP contribution in [0.2, 0.25) is 0 Å². The van der Waals surface area contributed by atoms with Crippen LogP contribution in [0, 0.1) is 6.92 Å². The maximum atomic E-state index is 5.40. The van der Waals surface area contributed by atoms with Gasteiger partial charge in [-0.25, -0.2) is 9.97 Å². The number of fused-ring (bicyclic) bond motifs is 12. The van der Waals surface area contributed by atoms with Crippen LogP contribution < -0.4 is 0 Å². The van der Waals surface area contributed by atoms with Crippen LogP contribution >= 0.6 is 0 Å². The second-order valence-electron chi connectivity index (χ2n) is 18.3. The van der Waals surface area contributed by atoms with E-state index < -0.39 is 0 Å². The Morgan fingerprint density at radius 3 is 1.69 bits per heavy atom. The summed E-state index contributed by atoms with van der Waals surface area (Å²) in [5.74, 6) is 1.52. The highest BCUT2D eigenvalue weighted by Crippen LogP contribution is 2.50. The Morgan fingerprint density at radius 2 is 0.908 bits per heavy atom. The van der Waals surface area contributed by atoms with Gasteiger partial charge in [0.15, 0.2) is 5.82 Å². The van der Waals surface area contributed by atoms with Crippen molar-refractivity contribution in [2.24, 2.45) is 0 Å². The summed E-state index contributed by atoms with van der Waals surface area (Å²) >= 11 is 0. The van der Waals surface area contributed by atoms with Crippen LogP contribution in [0.3, 0.4) is 0 Å². The minimum absolute atomic E-state index is 0.0696. The number of rotatable bonds is 5. The van der Waals surface area contributed by atoms with E-state index in [9.17, 15) is 0 Å². The third-order valence-corrected chi connectivity index (χ3v) is 14.1. The topological polar surface area (TPSA) is 30.7 Å². The van der Waals surface area contributed by atoms with Gasteiger partial charge in [-0.2, -0.15) is 0 Å². The summed E-state index contributed by atoms with van der Waals surface area (Å²) in [7, 11) is 0. The van der Waals surface area contributed by atoms with Crippen molar-refractivity contribution >= 4 is 54.1 Å². The molecule has 0 N–H and O–H groups in total. The number of aryl methyl sites for hydroxylation is 1. The zero-order valence-electron chi connectivity index (χ0n) is 36.5. The SMILES string of the molecule is Cc1ccc(-c2ccc3c(c2)c2cc4c5ccccc5c5cc(-c6ccc7c(c6)C(C)(C)c6ccccc6-7)ccc5c4cc2n3-c2cc(-c3ccccc3)nc(-c3ccccc3)n2)cc1. The van der Waals surface area contributed by atoms with Gasteiger partial charge in [0.2, 0.25) is 0 Å². The van der Waals surface area contributed by atoms with Crippen molar-refractivity contribution in [1.29, 1.82) is 0 Å². The van der Waals surface area contributed by atoms with Crippen LogP contribution in [0.25, 0.3) is 116 Å². The first-order chi connectivity index (χ1) is 31.9. The van der Waals surface area contributed by atoms with E-state index in [1.165, 1.54) is 93.2 Å². The first-order valence-corrected chi connectivity index (χ1v) is 22.6. The van der Waals surface area contributed by atoms with Gasteiger partial charge in [0, 0.05) is 33.4 Å². The Balaban J connectivity index is 1.08. The average Bonchev–Trinajstić information content (AvgIpc) is 3.80. The molecule has 13 rings (SSSR count). The van der Waals surface area contributed by atoms with Crippen LogP contribution in [-0.4, -0.2) is 14.5 Å². The van der Waals surface area contributed by atoms with Gasteiger partial charge in [-0.15, -0.1) is 0 Å². The van der Waals surface area contributed by atoms with Crippen molar-refractivity contribution in [2.45, 2.75) is 26.2 Å². The lowest BCUT2D eigenvalue weighted by Gasteiger charge is -2.22. The van der Waals surface area contributed by atoms with Crippen molar-refractivity contribution in [3.63, 3.8) is 0 Å². The molecule has 0 unspecified atom stereocenters. The van der Waals surface area contributed by atoms with E-state index in [2.05, 4.69) is 226 Å². The molecule has 0 saturated carbocycles. The van der Waals surface area contributed by atoms with Gasteiger partial charge in [-0.3, -0.25) is 4.57 Å². The van der Waals surface area contributed by atoms with Crippen LogP contribution in [0.5, 0.6) is 0 Å². The molecule has 0 spiro atoms. The fourth-order valence-electron chi connectivity index (χ4n) is 10.7. The lowest BCUT2D eigenvalue weighted by molar-refractivity contribution is 0.660. The predicted octanol–water partition coefficient (Wildman–Crippen LogP) is 16.3. The molecule has 0 fully saturated rings. The molecule has 0 aliphatic heterocycles. The molecule has 0 saturated heterocycles. The number of benzene rings is 10. The number of hydrogen-bond donors (Lipinski definition) is 0. The molecule has 0 radical (unpaired) electrons. The molecular formula is C62H43N3. The zero-order chi connectivity index (χ0) is 43.4. The summed E-state index contributed by atoms with van der Waals surface area (Å²) in [5, 5.41) is 9.80. The third kappa shape index (κ3) is 5.82. The van der Waals surface area contributed by atoms with Gasteiger partial charge in [0.05, 0.1) is 16.7 Å². The van der Waals surface area contributed by atoms with E-state index in [4.69, 9.17) is 9.97 Å². The van der Waals surface area contributed by atoms with Gasteiger partial charge >= 0.3 is 0 Å². The van der Waals surface area contributed by atoms with Gasteiger partial charge in [0.1, 0.15) is 5.82 Å². The van der Waals surface area contributed by atoms with E-state index in [1.807, 2.05) is 6.07 Å². The molecule has 10 aromatic carbocycles. The van der Waals surface area contributed by atoms with Crippen molar-refractivity contribution in [1.82, 2.24) is 14.5 Å². The molecule has 0 atom stereocenters. The Kier molecular flexibility index (Phi) is 8.17. The molecule has 1 aliphatic carbocycles. The quantitative estimate of drug-likeness (QED) is 0.162. The lowest BCUT2D eigenvalue weighted by Crippen LogP contribution is -2.14. The number of hydrogen-bond acceptors (Lipinski definition) is 2. The van der Waals surface area contributed by atoms with E-state index in [0.29, 0.717) is 5.82 Å². The smallest absolute Gasteiger partial charge is 0.162 e. The molecule has 0 bridgehead atoms. The first kappa shape index (κ1) is 37.4. The van der Waals surface area contributed by atoms with Gasteiger partial charge in [0.25, 0.3) is 0 Å². The molecular weight excluding hydrogens is 787 g/mol. The largest absolute Gasteiger partial charge is 0.294 e. The maximum absolute atomic E-state index is 5.40. The van der Waals surface area contributed by atoms with Gasteiger partial charge in [-0.05, 0) is 120 Å². The third-order valence-electron chi connectivity index (χ3n) is 14.1. The summed E-state index contributed by atoms with van der Waals surface area (Å²) < 4.78 is 2.36. The predicted molar refractivity (Wildman–Crippen MR) is 273 cm³/mol. The molecule has 2 heterocycles. The summed E-state index contributed by atoms with van der Waals surface area (Å²) in [6.07, 6.45) is 0. The Hall–Kier alpha value is -8.14. The average molecular weight is 830 g/mol. The maximum Gasteiger partial charge on any atom is 0.162 e. The highest BCUT2D eigenvalue weighted by molar-refractivity contribution is 6.29. The highest BCUT2D eigenvalue weighted by Gasteiger charge is 2.35. The second kappa shape index (κ2) is 14.2. The van der Waals surface area contributed by atoms with E-state index in [0.717, 1.165) is 33.7 Å². The minimum Gasteiger partial charge on any atom is -0.294 e. The van der Waals surface area contributed by atoms with Crippen LogP contribution in [-0.2, 0) is 5.41 Å². The number of aromatic nitrogens is 3. The lowest BCUT2D eigenvalue weighted by atomic mass is 9.81. The fourth-order valence-corrected chi connectivity index (χ4v) is 10.7. The van der Waals surface area contributed by atoms with Crippen molar-refractivity contribution in [2.75, 3.05) is 0 Å². The molecule has 0 amide bonds. The van der Waals surface area contributed by atoms with E-state index in [1.54, 1.807) is 0 Å². The monoisotopic (exact) mass is 829 g/mol. The second-order valence-corrected chi connectivity index (χ2v) is 18.3. The Bertz CT molecular complexity index is 3840. The van der Waals surface area contributed by atoms with Gasteiger partial charge < -0.3 is 0 Å². The Labute approximate surface area is 377 Å². The molecule has 12 aromatic rings. The fraction of sp³-hybridized carbons (Fsp3) is 0.0645. The molecule has 3 nitrogen and oxygen atoms in total. The summed E-state index contributed by atoms with van der Waals surface area (Å²) in [4.78, 5) is 10.6. The van der Waals surface area contributed by atoms with Crippen molar-refractivity contribution < 1.29 is 0 Å². The van der Waals surface area contributed by atoms with Crippen molar-refractivity contribution in [3.05, 3.63) is 223 Å². The van der Waals surface area contributed by atoms with Crippen LogP contribution in [0.1, 0.15) is 30.5 Å². The normalized spacial score (nSPS) is 13.0. The van der Waals surface area contributed by atoms with E-state index >= 15 is 0 Å². The zero-order valence-corrected chi connectivity index (χ0v) is 36.5. The molecule has 65 heavy (non-hydrogen) atoms. The molecule has 2 aromatic heterocycles. The summed E-state index contributed by atoms with van der Waals surface area (Å²) in [6, 6.07) is 75.5. The summed E-state index contributed by atoms with van der Waals surface area (Å²) in [5.41, 5.74) is 16.6. The standard InChI is InChI=1S/C62H43N3/c1-38-22-24-39(25-23-38)42-28-31-58-53(33-42)54-35-51-46-19-11-10-18-45(46)50-32-43(44-27-30-49-48-20-12-13-21-55(48)62(2,3)56(49)34-44)26-29-47(50)52(51)36-59(54)65(58)60-37-57(40-14-6-4-7-15-40)63-61(64-60)41-16-8-5-9-17-41/h4-37H,1-3H3. The molecule has 3 heteroatoms. The van der Waals surface area contributed by atoms with Crippen LogP contribution in [0.15, 0.2) is 206 Å². The molecule has 1 aliphatic rings. The summed E-state index contributed by atoms with van der Waals surface area (Å²) in [6.45, 7) is 6.86. The minimum atomic E-state index is -0.0696. The number of nitrogens with zero attached hydrogens (tertiary/aromatic N) is 3.